The van der Waals surface area contributed by atoms with Crippen molar-refractivity contribution in [1.29, 1.82) is 0 Å². The lowest BCUT2D eigenvalue weighted by Gasteiger charge is -2.30. The molecular formula is C20H41N. The van der Waals surface area contributed by atoms with E-state index < -0.39 is 0 Å². The molecule has 0 aromatic rings. The molecule has 0 spiro atoms. The minimum Gasteiger partial charge on any atom is -0.301 e. The Morgan fingerprint density at radius 2 is 0.810 bits per heavy atom. The average Bonchev–Trinajstić information content (AvgIpc) is 2.50. The van der Waals surface area contributed by atoms with E-state index in [4.69, 9.17) is 0 Å². The molecule has 0 unspecified atom stereocenters. The van der Waals surface area contributed by atoms with E-state index in [1.807, 2.05) is 0 Å². The van der Waals surface area contributed by atoms with E-state index in [1.165, 1.54) is 109 Å². The molecule has 0 saturated heterocycles. The van der Waals surface area contributed by atoms with Gasteiger partial charge in [0.25, 0.3) is 0 Å². The summed E-state index contributed by atoms with van der Waals surface area (Å²) < 4.78 is 0. The predicted octanol–water partition coefficient (Wildman–Crippen LogP) is 6.56. The molecule has 126 valence electrons. The summed E-state index contributed by atoms with van der Waals surface area (Å²) in [5, 5.41) is 0. The second kappa shape index (κ2) is 13.6. The summed E-state index contributed by atoms with van der Waals surface area (Å²) in [6.45, 7) is 7.15. The molecule has 0 aromatic carbocycles. The molecule has 1 heteroatoms. The lowest BCUT2D eigenvalue weighted by molar-refractivity contribution is 0.188. The zero-order valence-electron chi connectivity index (χ0n) is 15.0. The molecule has 0 bridgehead atoms. The third-order valence-corrected chi connectivity index (χ3v) is 5.40. The summed E-state index contributed by atoms with van der Waals surface area (Å²) in [7, 11) is 0. The van der Waals surface area contributed by atoms with Crippen molar-refractivity contribution in [3.05, 3.63) is 0 Å². The molecule has 0 aliphatic heterocycles. The van der Waals surface area contributed by atoms with Gasteiger partial charge in [-0.05, 0) is 25.9 Å². The van der Waals surface area contributed by atoms with E-state index in [2.05, 4.69) is 18.7 Å². The Morgan fingerprint density at radius 3 is 1.10 bits per heavy atom. The summed E-state index contributed by atoms with van der Waals surface area (Å²) >= 11 is 0. The van der Waals surface area contributed by atoms with E-state index in [1.54, 1.807) is 0 Å². The Hall–Kier alpha value is -0.0400. The smallest absolute Gasteiger partial charge is 0.00950 e. The molecule has 0 aromatic heterocycles. The number of nitrogens with zero attached hydrogens (tertiary/aromatic N) is 1. The highest BCUT2D eigenvalue weighted by atomic mass is 15.1. The van der Waals surface area contributed by atoms with Gasteiger partial charge in [0.1, 0.15) is 0 Å². The van der Waals surface area contributed by atoms with Crippen LogP contribution in [0, 0.1) is 0 Å². The maximum atomic E-state index is 2.71. The fraction of sp³-hybridized carbons (Fsp3) is 1.00. The Balaban J connectivity index is 2.34. The minimum atomic E-state index is 0.868. The van der Waals surface area contributed by atoms with Gasteiger partial charge in [0.15, 0.2) is 0 Å². The number of hydrogen-bond donors (Lipinski definition) is 0. The van der Waals surface area contributed by atoms with Crippen molar-refractivity contribution in [2.24, 2.45) is 0 Å². The van der Waals surface area contributed by atoms with Crippen molar-refractivity contribution in [1.82, 2.24) is 4.90 Å². The largest absolute Gasteiger partial charge is 0.301 e. The van der Waals surface area contributed by atoms with Crippen LogP contribution in [0.1, 0.15) is 110 Å². The van der Waals surface area contributed by atoms with Crippen LogP contribution in [0.15, 0.2) is 0 Å². The zero-order chi connectivity index (χ0) is 15.2. The van der Waals surface area contributed by atoms with Crippen molar-refractivity contribution >= 4 is 0 Å². The maximum Gasteiger partial charge on any atom is 0.00950 e. The second-order valence-corrected chi connectivity index (χ2v) is 7.05. The molecule has 0 N–H and O–H groups in total. The molecule has 0 radical (unpaired) electrons. The van der Waals surface area contributed by atoms with Crippen LogP contribution in [0.3, 0.4) is 0 Å². The maximum absolute atomic E-state index is 2.71. The highest BCUT2D eigenvalue weighted by Gasteiger charge is 2.14. The van der Waals surface area contributed by atoms with Gasteiger partial charge in [-0.3, -0.25) is 0 Å². The van der Waals surface area contributed by atoms with Crippen molar-refractivity contribution < 1.29 is 0 Å². The molecule has 1 rings (SSSR count). The normalized spacial score (nSPS) is 22.4. The fourth-order valence-electron chi connectivity index (χ4n) is 3.95. The van der Waals surface area contributed by atoms with E-state index in [9.17, 15) is 0 Å². The Bertz CT molecular complexity index is 194. The quantitative estimate of drug-likeness (QED) is 0.569. The summed E-state index contributed by atoms with van der Waals surface area (Å²) in [5.74, 6) is 0. The summed E-state index contributed by atoms with van der Waals surface area (Å²) in [6, 6.07) is 0.868. The Morgan fingerprint density at radius 1 is 0.524 bits per heavy atom. The van der Waals surface area contributed by atoms with E-state index >= 15 is 0 Å². The lowest BCUT2D eigenvalue weighted by Crippen LogP contribution is -2.35. The van der Waals surface area contributed by atoms with Gasteiger partial charge in [-0.2, -0.15) is 0 Å². The standard InChI is InChI=1S/C20H41N/c1-3-21(4-2)20-18-16-14-12-10-8-6-5-7-9-11-13-15-17-19-20/h20H,3-19H2,1-2H3. The molecule has 0 atom stereocenters. The van der Waals surface area contributed by atoms with Crippen molar-refractivity contribution in [2.75, 3.05) is 13.1 Å². The van der Waals surface area contributed by atoms with Crippen LogP contribution in [0.5, 0.6) is 0 Å². The van der Waals surface area contributed by atoms with E-state index in [-0.39, 0.29) is 0 Å². The van der Waals surface area contributed by atoms with Crippen LogP contribution in [-0.2, 0) is 0 Å². The molecular weight excluding hydrogens is 254 g/mol. The van der Waals surface area contributed by atoms with Gasteiger partial charge in [0.2, 0.25) is 0 Å². The molecule has 0 amide bonds. The molecule has 1 aliphatic rings. The minimum absolute atomic E-state index is 0.868. The molecule has 0 heterocycles. The van der Waals surface area contributed by atoms with Gasteiger partial charge in [-0.1, -0.05) is 97.3 Å². The summed E-state index contributed by atoms with van der Waals surface area (Å²) in [5.41, 5.74) is 0. The van der Waals surface area contributed by atoms with Gasteiger partial charge >= 0.3 is 0 Å². The van der Waals surface area contributed by atoms with Crippen LogP contribution in [0.2, 0.25) is 0 Å². The predicted molar refractivity (Wildman–Crippen MR) is 96.0 cm³/mol. The molecule has 1 fully saturated rings. The van der Waals surface area contributed by atoms with Crippen molar-refractivity contribution in [2.45, 2.75) is 116 Å². The highest BCUT2D eigenvalue weighted by Crippen LogP contribution is 2.20. The van der Waals surface area contributed by atoms with Crippen LogP contribution in [0.4, 0.5) is 0 Å². The number of hydrogen-bond acceptors (Lipinski definition) is 1. The van der Waals surface area contributed by atoms with Crippen LogP contribution in [0.25, 0.3) is 0 Å². The Labute approximate surface area is 134 Å². The molecule has 1 aliphatic carbocycles. The third-order valence-electron chi connectivity index (χ3n) is 5.40. The van der Waals surface area contributed by atoms with Crippen molar-refractivity contribution in [3.8, 4) is 0 Å². The first-order valence-electron chi connectivity index (χ1n) is 10.1. The topological polar surface area (TPSA) is 3.24 Å². The van der Waals surface area contributed by atoms with E-state index in [0.717, 1.165) is 6.04 Å². The third kappa shape index (κ3) is 9.55. The molecule has 1 saturated carbocycles. The van der Waals surface area contributed by atoms with Gasteiger partial charge in [-0.15, -0.1) is 0 Å². The molecule has 21 heavy (non-hydrogen) atoms. The second-order valence-electron chi connectivity index (χ2n) is 7.05. The first kappa shape index (κ1) is 19.0. The summed E-state index contributed by atoms with van der Waals surface area (Å²) in [4.78, 5) is 2.71. The fourth-order valence-corrected chi connectivity index (χ4v) is 3.95. The average molecular weight is 296 g/mol. The monoisotopic (exact) mass is 295 g/mol. The zero-order valence-corrected chi connectivity index (χ0v) is 15.0. The Kier molecular flexibility index (Phi) is 12.3. The van der Waals surface area contributed by atoms with Crippen molar-refractivity contribution in [3.63, 3.8) is 0 Å². The molecule has 1 nitrogen and oxygen atoms in total. The van der Waals surface area contributed by atoms with Gasteiger partial charge in [0.05, 0.1) is 0 Å². The van der Waals surface area contributed by atoms with Crippen LogP contribution >= 0.6 is 0 Å². The first-order valence-corrected chi connectivity index (χ1v) is 10.1. The van der Waals surface area contributed by atoms with Gasteiger partial charge in [-0.25, -0.2) is 0 Å². The SMILES string of the molecule is CCN(CC)C1CCCCCCCCCCCCCCC1. The van der Waals surface area contributed by atoms with Gasteiger partial charge in [0, 0.05) is 6.04 Å². The van der Waals surface area contributed by atoms with E-state index in [0.29, 0.717) is 0 Å². The first-order chi connectivity index (χ1) is 10.4. The van der Waals surface area contributed by atoms with Gasteiger partial charge < -0.3 is 4.90 Å². The van der Waals surface area contributed by atoms with Crippen LogP contribution < -0.4 is 0 Å². The highest BCUT2D eigenvalue weighted by molar-refractivity contribution is 4.70. The summed E-state index contributed by atoms with van der Waals surface area (Å²) in [6.07, 6.45) is 22.1. The lowest BCUT2D eigenvalue weighted by atomic mass is 9.97. The van der Waals surface area contributed by atoms with Crippen LogP contribution in [-0.4, -0.2) is 24.0 Å². The number of rotatable bonds is 3.